The summed E-state index contributed by atoms with van der Waals surface area (Å²) >= 11 is 0. The predicted molar refractivity (Wildman–Crippen MR) is 63.5 cm³/mol. The number of halogens is 1. The van der Waals surface area contributed by atoms with E-state index in [1.54, 1.807) is 6.92 Å². The van der Waals surface area contributed by atoms with Gasteiger partial charge in [0, 0.05) is 14.1 Å². The molecule has 0 aromatic carbocycles. The standard InChI is InChI=1S/C13H17FN2/c1-9-12(14)13(2,10-5-6-10)8-7-11(15-9)16(3)4/h10H,5-6H2,1-4H3. The summed E-state index contributed by atoms with van der Waals surface area (Å²) in [6.45, 7) is 3.61. The number of nitrogens with zero attached hydrogens (tertiary/aromatic N) is 2. The van der Waals surface area contributed by atoms with E-state index < -0.39 is 5.41 Å². The van der Waals surface area contributed by atoms with E-state index in [1.165, 1.54) is 0 Å². The van der Waals surface area contributed by atoms with Crippen molar-refractivity contribution in [2.75, 3.05) is 14.1 Å². The minimum absolute atomic E-state index is 0.153. The Labute approximate surface area is 96.2 Å². The van der Waals surface area contributed by atoms with E-state index in [0.717, 1.165) is 12.8 Å². The van der Waals surface area contributed by atoms with Gasteiger partial charge < -0.3 is 4.90 Å². The third kappa shape index (κ3) is 1.73. The van der Waals surface area contributed by atoms with Crippen molar-refractivity contribution in [1.29, 1.82) is 0 Å². The average Bonchev–Trinajstić information content (AvgIpc) is 3.04. The van der Waals surface area contributed by atoms with Gasteiger partial charge in [0.05, 0.1) is 11.1 Å². The highest BCUT2D eigenvalue weighted by atomic mass is 19.1. The second-order valence-corrected chi connectivity index (χ2v) is 4.96. The molecule has 0 N–H and O–H groups in total. The van der Waals surface area contributed by atoms with Gasteiger partial charge in [-0.1, -0.05) is 5.92 Å². The second kappa shape index (κ2) is 3.62. The Bertz CT molecular complexity index is 433. The lowest BCUT2D eigenvalue weighted by atomic mass is 9.83. The first-order chi connectivity index (χ1) is 7.45. The zero-order valence-corrected chi connectivity index (χ0v) is 10.3. The Kier molecular flexibility index (Phi) is 2.53. The number of hydrogen-bond acceptors (Lipinski definition) is 2. The molecule has 0 radical (unpaired) electrons. The monoisotopic (exact) mass is 220 g/mol. The lowest BCUT2D eigenvalue weighted by Gasteiger charge is -2.21. The fraction of sp³-hybridized carbons (Fsp3) is 0.615. The normalized spacial score (nSPS) is 29.2. The largest absolute Gasteiger partial charge is 0.356 e. The summed E-state index contributed by atoms with van der Waals surface area (Å²) in [6, 6.07) is 0. The van der Waals surface area contributed by atoms with Crippen molar-refractivity contribution in [2.24, 2.45) is 16.3 Å². The molecule has 0 aromatic heterocycles. The van der Waals surface area contributed by atoms with Crippen LogP contribution >= 0.6 is 0 Å². The van der Waals surface area contributed by atoms with Gasteiger partial charge in [-0.15, -0.1) is 0 Å². The van der Waals surface area contributed by atoms with Gasteiger partial charge in [-0.2, -0.15) is 0 Å². The van der Waals surface area contributed by atoms with E-state index in [1.807, 2.05) is 25.9 Å². The van der Waals surface area contributed by atoms with Gasteiger partial charge in [0.25, 0.3) is 0 Å². The van der Waals surface area contributed by atoms with Crippen LogP contribution in [0.1, 0.15) is 26.7 Å². The summed E-state index contributed by atoms with van der Waals surface area (Å²) in [4.78, 5) is 6.06. The zero-order chi connectivity index (χ0) is 11.9. The van der Waals surface area contributed by atoms with Crippen LogP contribution < -0.4 is 0 Å². The first-order valence-corrected chi connectivity index (χ1v) is 5.61. The maximum atomic E-state index is 14.3. The number of hydrogen-bond donors (Lipinski definition) is 0. The highest BCUT2D eigenvalue weighted by molar-refractivity contribution is 5.99. The molecule has 0 aromatic rings. The van der Waals surface area contributed by atoms with Crippen LogP contribution in [0.15, 0.2) is 16.5 Å². The molecule has 1 saturated carbocycles. The molecule has 0 amide bonds. The van der Waals surface area contributed by atoms with Crippen LogP contribution in [-0.4, -0.2) is 24.8 Å². The number of allylic oxidation sites excluding steroid dienone is 2. The lowest BCUT2D eigenvalue weighted by Crippen LogP contribution is -2.20. The van der Waals surface area contributed by atoms with E-state index >= 15 is 0 Å². The summed E-state index contributed by atoms with van der Waals surface area (Å²) in [5.74, 6) is 6.92. The molecule has 1 atom stereocenters. The molecular weight excluding hydrogens is 203 g/mol. The van der Waals surface area contributed by atoms with Crippen molar-refractivity contribution in [2.45, 2.75) is 26.7 Å². The highest BCUT2D eigenvalue weighted by Crippen LogP contribution is 2.51. The maximum Gasteiger partial charge on any atom is 0.180 e. The molecule has 1 aliphatic heterocycles. The summed E-state index contributed by atoms with van der Waals surface area (Å²) in [5, 5.41) is 0. The first-order valence-electron chi connectivity index (χ1n) is 5.61. The van der Waals surface area contributed by atoms with Crippen molar-refractivity contribution in [3.05, 3.63) is 11.5 Å². The summed E-state index contributed by atoms with van der Waals surface area (Å²) in [6.07, 6.45) is 2.15. The topological polar surface area (TPSA) is 15.6 Å². The Balaban J connectivity index is 2.46. The van der Waals surface area contributed by atoms with Crippen molar-refractivity contribution >= 4 is 5.84 Å². The van der Waals surface area contributed by atoms with Crippen LogP contribution in [0, 0.1) is 23.2 Å². The van der Waals surface area contributed by atoms with Crippen LogP contribution in [0.4, 0.5) is 4.39 Å². The Morgan fingerprint density at radius 3 is 2.56 bits per heavy atom. The number of rotatable bonds is 1. The molecule has 1 heterocycles. The minimum Gasteiger partial charge on any atom is -0.356 e. The van der Waals surface area contributed by atoms with Crippen molar-refractivity contribution < 1.29 is 4.39 Å². The lowest BCUT2D eigenvalue weighted by molar-refractivity contribution is 0.358. The van der Waals surface area contributed by atoms with Gasteiger partial charge in [-0.25, -0.2) is 9.38 Å². The van der Waals surface area contributed by atoms with Crippen molar-refractivity contribution in [3.8, 4) is 11.8 Å². The zero-order valence-electron chi connectivity index (χ0n) is 10.3. The quantitative estimate of drug-likeness (QED) is 0.620. The second-order valence-electron chi connectivity index (χ2n) is 4.96. The molecule has 0 bridgehead atoms. The fourth-order valence-electron chi connectivity index (χ4n) is 2.01. The molecule has 3 heteroatoms. The Hall–Kier alpha value is -1.30. The van der Waals surface area contributed by atoms with Crippen LogP contribution in [0.25, 0.3) is 0 Å². The van der Waals surface area contributed by atoms with Crippen molar-refractivity contribution in [1.82, 2.24) is 4.90 Å². The molecule has 16 heavy (non-hydrogen) atoms. The van der Waals surface area contributed by atoms with E-state index in [2.05, 4.69) is 16.8 Å². The van der Waals surface area contributed by atoms with Crippen molar-refractivity contribution in [3.63, 3.8) is 0 Å². The van der Waals surface area contributed by atoms with Crippen LogP contribution in [0.2, 0.25) is 0 Å². The molecular formula is C13H17FN2. The fourth-order valence-corrected chi connectivity index (χ4v) is 2.01. The van der Waals surface area contributed by atoms with E-state index in [4.69, 9.17) is 0 Å². The maximum absolute atomic E-state index is 14.3. The molecule has 2 rings (SSSR count). The SMILES string of the molecule is CC1=C(F)C(C)(C2CC2)C#CC(N(C)C)=N1. The minimum atomic E-state index is -0.620. The first kappa shape index (κ1) is 11.2. The van der Waals surface area contributed by atoms with Crippen LogP contribution in [-0.2, 0) is 0 Å². The Morgan fingerprint density at radius 2 is 2.06 bits per heavy atom. The van der Waals surface area contributed by atoms with Gasteiger partial charge in [-0.05, 0) is 38.5 Å². The van der Waals surface area contributed by atoms with E-state index in [-0.39, 0.29) is 5.83 Å². The average molecular weight is 220 g/mol. The number of amidine groups is 1. The third-order valence-corrected chi connectivity index (χ3v) is 3.30. The molecule has 86 valence electrons. The van der Waals surface area contributed by atoms with Gasteiger partial charge in [0.15, 0.2) is 5.84 Å². The van der Waals surface area contributed by atoms with Crippen LogP contribution in [0.3, 0.4) is 0 Å². The van der Waals surface area contributed by atoms with Gasteiger partial charge in [-0.3, -0.25) is 0 Å². The summed E-state index contributed by atoms with van der Waals surface area (Å²) in [7, 11) is 3.75. The highest BCUT2D eigenvalue weighted by Gasteiger charge is 2.45. The Morgan fingerprint density at radius 1 is 1.44 bits per heavy atom. The van der Waals surface area contributed by atoms with Gasteiger partial charge >= 0.3 is 0 Å². The molecule has 1 fully saturated rings. The summed E-state index contributed by atoms with van der Waals surface area (Å²) in [5.41, 5.74) is -0.165. The van der Waals surface area contributed by atoms with E-state index in [9.17, 15) is 4.39 Å². The predicted octanol–water partition coefficient (Wildman–Crippen LogP) is 2.58. The van der Waals surface area contributed by atoms with Gasteiger partial charge in [0.1, 0.15) is 5.83 Å². The number of aliphatic imine (C=N–C) groups is 1. The van der Waals surface area contributed by atoms with E-state index in [0.29, 0.717) is 17.5 Å². The molecule has 1 unspecified atom stereocenters. The molecule has 2 aliphatic rings. The molecule has 1 aliphatic carbocycles. The smallest absolute Gasteiger partial charge is 0.180 e. The molecule has 0 spiro atoms. The third-order valence-electron chi connectivity index (χ3n) is 3.30. The molecule has 2 nitrogen and oxygen atoms in total. The molecule has 0 saturated heterocycles. The van der Waals surface area contributed by atoms with Gasteiger partial charge in [0.2, 0.25) is 0 Å². The summed E-state index contributed by atoms with van der Waals surface area (Å²) < 4.78 is 14.3. The van der Waals surface area contributed by atoms with Crippen LogP contribution in [0.5, 0.6) is 0 Å².